The molecule has 1 saturated heterocycles. The maximum absolute atomic E-state index is 12.6. The van der Waals surface area contributed by atoms with Gasteiger partial charge in [0.2, 0.25) is 0 Å². The smallest absolute Gasteiger partial charge is 0.261 e. The highest BCUT2D eigenvalue weighted by molar-refractivity contribution is 7.92. The largest absolute Gasteiger partial charge is 0.316 e. The molecule has 0 aromatic heterocycles. The highest BCUT2D eigenvalue weighted by Crippen LogP contribution is 2.26. The van der Waals surface area contributed by atoms with Crippen molar-refractivity contribution in [2.24, 2.45) is 0 Å². The van der Waals surface area contributed by atoms with E-state index in [1.807, 2.05) is 24.3 Å². The van der Waals surface area contributed by atoms with E-state index in [9.17, 15) is 8.42 Å². The zero-order valence-electron chi connectivity index (χ0n) is 14.1. The van der Waals surface area contributed by atoms with Gasteiger partial charge in [-0.05, 0) is 60.2 Å². The van der Waals surface area contributed by atoms with Gasteiger partial charge in [0.15, 0.2) is 0 Å². The Kier molecular flexibility index (Phi) is 4.92. The molecule has 1 unspecified atom stereocenters. The van der Waals surface area contributed by atoms with Gasteiger partial charge in [-0.15, -0.1) is 0 Å². The molecule has 4 nitrogen and oxygen atoms in total. The molecule has 0 radical (unpaired) electrons. The lowest BCUT2D eigenvalue weighted by atomic mass is 9.98. The average molecular weight is 344 g/mol. The third-order valence-corrected chi connectivity index (χ3v) is 5.92. The lowest BCUT2D eigenvalue weighted by Gasteiger charge is -2.13. The normalized spacial score (nSPS) is 18.0. The van der Waals surface area contributed by atoms with E-state index in [1.165, 1.54) is 5.56 Å². The predicted octanol–water partition coefficient (Wildman–Crippen LogP) is 3.69. The molecule has 24 heavy (non-hydrogen) atoms. The number of hydrogen-bond donors (Lipinski definition) is 2. The average Bonchev–Trinajstić information content (AvgIpc) is 3.09. The standard InChI is InChI=1S/C19H24N2O2S/c1-14(2)15-6-8-19(9-7-15)24(22,23)21-18-5-3-4-16(12-18)17-10-11-20-13-17/h3-9,12,14,17,20-21H,10-11,13H2,1-2H3. The summed E-state index contributed by atoms with van der Waals surface area (Å²) in [6.45, 7) is 6.14. The molecule has 1 heterocycles. The van der Waals surface area contributed by atoms with Crippen molar-refractivity contribution in [2.45, 2.75) is 37.0 Å². The van der Waals surface area contributed by atoms with E-state index in [1.54, 1.807) is 18.2 Å². The molecule has 5 heteroatoms. The van der Waals surface area contributed by atoms with Gasteiger partial charge in [-0.1, -0.05) is 38.1 Å². The van der Waals surface area contributed by atoms with Gasteiger partial charge < -0.3 is 5.32 Å². The molecule has 0 aliphatic carbocycles. The van der Waals surface area contributed by atoms with Crippen LogP contribution in [0.3, 0.4) is 0 Å². The number of anilines is 1. The fraction of sp³-hybridized carbons (Fsp3) is 0.368. The molecule has 1 fully saturated rings. The van der Waals surface area contributed by atoms with E-state index in [-0.39, 0.29) is 0 Å². The minimum Gasteiger partial charge on any atom is -0.316 e. The van der Waals surface area contributed by atoms with Crippen molar-refractivity contribution in [3.05, 3.63) is 59.7 Å². The van der Waals surface area contributed by atoms with Crippen LogP contribution in [-0.4, -0.2) is 21.5 Å². The number of hydrogen-bond acceptors (Lipinski definition) is 3. The van der Waals surface area contributed by atoms with Gasteiger partial charge in [0.1, 0.15) is 0 Å². The van der Waals surface area contributed by atoms with Gasteiger partial charge in [-0.3, -0.25) is 4.72 Å². The summed E-state index contributed by atoms with van der Waals surface area (Å²) in [6.07, 6.45) is 1.09. The van der Waals surface area contributed by atoms with E-state index < -0.39 is 10.0 Å². The molecular formula is C19H24N2O2S. The minimum atomic E-state index is -3.56. The van der Waals surface area contributed by atoms with E-state index in [0.29, 0.717) is 22.4 Å². The van der Waals surface area contributed by atoms with Crippen molar-refractivity contribution in [3.63, 3.8) is 0 Å². The fourth-order valence-electron chi connectivity index (χ4n) is 3.04. The molecule has 1 aliphatic heterocycles. The van der Waals surface area contributed by atoms with Gasteiger partial charge >= 0.3 is 0 Å². The van der Waals surface area contributed by atoms with Gasteiger partial charge in [0.05, 0.1) is 4.90 Å². The van der Waals surface area contributed by atoms with Crippen LogP contribution in [0.1, 0.15) is 43.2 Å². The maximum atomic E-state index is 12.6. The molecule has 3 rings (SSSR count). The highest BCUT2D eigenvalue weighted by atomic mass is 32.2. The van der Waals surface area contributed by atoms with Crippen molar-refractivity contribution in [3.8, 4) is 0 Å². The summed E-state index contributed by atoms with van der Waals surface area (Å²) < 4.78 is 27.9. The second-order valence-electron chi connectivity index (χ2n) is 6.64. The van der Waals surface area contributed by atoms with E-state index >= 15 is 0 Å². The first-order valence-corrected chi connectivity index (χ1v) is 9.87. The number of sulfonamides is 1. The van der Waals surface area contributed by atoms with Crippen LogP contribution >= 0.6 is 0 Å². The minimum absolute atomic E-state index is 0.292. The number of nitrogens with one attached hydrogen (secondary N) is 2. The van der Waals surface area contributed by atoms with Crippen LogP contribution in [0.15, 0.2) is 53.4 Å². The van der Waals surface area contributed by atoms with Crippen LogP contribution in [0, 0.1) is 0 Å². The van der Waals surface area contributed by atoms with Crippen molar-refractivity contribution in [2.75, 3.05) is 17.8 Å². The molecule has 0 saturated carbocycles. The quantitative estimate of drug-likeness (QED) is 0.870. The third kappa shape index (κ3) is 3.79. The molecule has 2 aromatic carbocycles. The van der Waals surface area contributed by atoms with Crippen molar-refractivity contribution >= 4 is 15.7 Å². The molecule has 0 spiro atoms. The Balaban J connectivity index is 1.80. The van der Waals surface area contributed by atoms with E-state index in [4.69, 9.17) is 0 Å². The van der Waals surface area contributed by atoms with Crippen LogP contribution in [-0.2, 0) is 10.0 Å². The van der Waals surface area contributed by atoms with E-state index in [0.717, 1.165) is 25.1 Å². The maximum Gasteiger partial charge on any atom is 0.261 e. The Morgan fingerprint density at radius 2 is 1.88 bits per heavy atom. The summed E-state index contributed by atoms with van der Waals surface area (Å²) in [5.41, 5.74) is 2.92. The Bertz CT molecular complexity index is 792. The number of rotatable bonds is 5. The van der Waals surface area contributed by atoms with Crippen LogP contribution < -0.4 is 10.0 Å². The van der Waals surface area contributed by atoms with Gasteiger partial charge in [-0.25, -0.2) is 8.42 Å². The molecule has 0 bridgehead atoms. The van der Waals surface area contributed by atoms with Crippen molar-refractivity contribution < 1.29 is 8.42 Å². The zero-order valence-corrected chi connectivity index (χ0v) is 14.9. The van der Waals surface area contributed by atoms with Crippen LogP contribution in [0.5, 0.6) is 0 Å². The Morgan fingerprint density at radius 1 is 1.12 bits per heavy atom. The summed E-state index contributed by atoms with van der Waals surface area (Å²) in [5, 5.41) is 3.34. The second kappa shape index (κ2) is 6.95. The first-order valence-electron chi connectivity index (χ1n) is 8.39. The molecule has 128 valence electrons. The summed E-state index contributed by atoms with van der Waals surface area (Å²) >= 11 is 0. The topological polar surface area (TPSA) is 58.2 Å². The van der Waals surface area contributed by atoms with Crippen LogP contribution in [0.2, 0.25) is 0 Å². The first kappa shape index (κ1) is 17.0. The molecule has 2 N–H and O–H groups in total. The summed E-state index contributed by atoms with van der Waals surface area (Å²) in [7, 11) is -3.56. The van der Waals surface area contributed by atoms with Crippen LogP contribution in [0.25, 0.3) is 0 Å². The Morgan fingerprint density at radius 3 is 2.50 bits per heavy atom. The van der Waals surface area contributed by atoms with Gasteiger partial charge in [-0.2, -0.15) is 0 Å². The molecule has 0 amide bonds. The Labute approximate surface area is 144 Å². The molecule has 2 aromatic rings. The predicted molar refractivity (Wildman–Crippen MR) is 98.0 cm³/mol. The first-order chi connectivity index (χ1) is 11.5. The van der Waals surface area contributed by atoms with Crippen molar-refractivity contribution in [1.82, 2.24) is 5.32 Å². The van der Waals surface area contributed by atoms with Gasteiger partial charge in [0, 0.05) is 12.2 Å². The zero-order chi connectivity index (χ0) is 17.2. The van der Waals surface area contributed by atoms with Gasteiger partial charge in [0.25, 0.3) is 10.0 Å². The summed E-state index contributed by atoms with van der Waals surface area (Å²) in [6, 6.07) is 14.8. The lowest BCUT2D eigenvalue weighted by Crippen LogP contribution is -2.13. The molecular weight excluding hydrogens is 320 g/mol. The third-order valence-electron chi connectivity index (χ3n) is 4.53. The molecule has 1 atom stereocenters. The number of benzene rings is 2. The van der Waals surface area contributed by atoms with Crippen LogP contribution in [0.4, 0.5) is 5.69 Å². The highest BCUT2D eigenvalue weighted by Gasteiger charge is 2.18. The lowest BCUT2D eigenvalue weighted by molar-refractivity contribution is 0.601. The Hall–Kier alpha value is -1.85. The monoisotopic (exact) mass is 344 g/mol. The summed E-state index contributed by atoms with van der Waals surface area (Å²) in [4.78, 5) is 0.292. The van der Waals surface area contributed by atoms with Crippen molar-refractivity contribution in [1.29, 1.82) is 0 Å². The fourth-order valence-corrected chi connectivity index (χ4v) is 4.09. The SMILES string of the molecule is CC(C)c1ccc(S(=O)(=O)Nc2cccc(C3CCNC3)c2)cc1. The second-order valence-corrected chi connectivity index (χ2v) is 8.33. The van der Waals surface area contributed by atoms with E-state index in [2.05, 4.69) is 30.0 Å². The summed E-state index contributed by atoms with van der Waals surface area (Å²) in [5.74, 6) is 0.839. The molecule has 1 aliphatic rings.